The Hall–Kier alpha value is -0.120. The Morgan fingerprint density at radius 1 is 1.36 bits per heavy atom. The Balaban J connectivity index is 1.93. The molecule has 0 spiro atoms. The Morgan fingerprint density at radius 2 is 2.27 bits per heavy atom. The summed E-state index contributed by atoms with van der Waals surface area (Å²) in [5.41, 5.74) is 0. The molecular formula is C8H16N2O. The maximum Gasteiger partial charge on any atom is 0.0755 e. The quantitative estimate of drug-likeness (QED) is 0.506. The van der Waals surface area contributed by atoms with Crippen LogP contribution in [0.5, 0.6) is 0 Å². The Morgan fingerprint density at radius 3 is 3.18 bits per heavy atom. The standard InChI is InChI=1S/C8H16N2O/c1-6-4-8-7(5-10-6)9-2-3-11-8/h6-10H,2-5H2,1H3. The number of hydrogen-bond acceptors (Lipinski definition) is 3. The van der Waals surface area contributed by atoms with Crippen molar-refractivity contribution in [2.45, 2.75) is 31.5 Å². The molecule has 0 aromatic rings. The van der Waals surface area contributed by atoms with Crippen molar-refractivity contribution in [3.8, 4) is 0 Å². The highest BCUT2D eigenvalue weighted by Gasteiger charge is 2.30. The third-order valence-electron chi connectivity index (χ3n) is 2.56. The van der Waals surface area contributed by atoms with E-state index >= 15 is 0 Å². The zero-order valence-electron chi connectivity index (χ0n) is 6.97. The van der Waals surface area contributed by atoms with Crippen LogP contribution >= 0.6 is 0 Å². The molecule has 3 unspecified atom stereocenters. The van der Waals surface area contributed by atoms with Gasteiger partial charge in [0.2, 0.25) is 0 Å². The molecule has 0 bridgehead atoms. The molecule has 11 heavy (non-hydrogen) atoms. The van der Waals surface area contributed by atoms with E-state index in [1.54, 1.807) is 0 Å². The van der Waals surface area contributed by atoms with Gasteiger partial charge in [-0.25, -0.2) is 0 Å². The first kappa shape index (κ1) is 7.53. The van der Waals surface area contributed by atoms with Crippen LogP contribution < -0.4 is 10.6 Å². The zero-order chi connectivity index (χ0) is 7.68. The molecule has 2 N–H and O–H groups in total. The second-order valence-electron chi connectivity index (χ2n) is 3.51. The minimum Gasteiger partial charge on any atom is -0.375 e. The molecule has 64 valence electrons. The van der Waals surface area contributed by atoms with Gasteiger partial charge in [0.25, 0.3) is 0 Å². The van der Waals surface area contributed by atoms with Gasteiger partial charge < -0.3 is 15.4 Å². The smallest absolute Gasteiger partial charge is 0.0755 e. The highest BCUT2D eigenvalue weighted by molar-refractivity contribution is 4.90. The fraction of sp³-hybridized carbons (Fsp3) is 1.00. The fourth-order valence-electron chi connectivity index (χ4n) is 1.90. The summed E-state index contributed by atoms with van der Waals surface area (Å²) in [6.07, 6.45) is 1.61. The van der Waals surface area contributed by atoms with Crippen LogP contribution in [-0.2, 0) is 4.74 Å². The average molecular weight is 156 g/mol. The molecule has 0 aromatic carbocycles. The van der Waals surface area contributed by atoms with Crippen LogP contribution in [0.2, 0.25) is 0 Å². The van der Waals surface area contributed by atoms with E-state index in [9.17, 15) is 0 Å². The van der Waals surface area contributed by atoms with Crippen LogP contribution in [-0.4, -0.2) is 37.9 Å². The molecule has 3 heteroatoms. The van der Waals surface area contributed by atoms with Crippen LogP contribution in [0.15, 0.2) is 0 Å². The van der Waals surface area contributed by atoms with Gasteiger partial charge in [0, 0.05) is 25.2 Å². The van der Waals surface area contributed by atoms with Crippen LogP contribution in [0.25, 0.3) is 0 Å². The molecule has 0 saturated carbocycles. The van der Waals surface area contributed by atoms with Gasteiger partial charge in [0.05, 0.1) is 12.7 Å². The van der Waals surface area contributed by atoms with Gasteiger partial charge in [0.1, 0.15) is 0 Å². The Bertz CT molecular complexity index is 140. The van der Waals surface area contributed by atoms with Crippen molar-refractivity contribution in [1.29, 1.82) is 0 Å². The van der Waals surface area contributed by atoms with E-state index in [1.807, 2.05) is 0 Å². The third-order valence-corrected chi connectivity index (χ3v) is 2.56. The fourth-order valence-corrected chi connectivity index (χ4v) is 1.90. The first-order valence-electron chi connectivity index (χ1n) is 4.44. The van der Waals surface area contributed by atoms with Crippen molar-refractivity contribution in [2.75, 3.05) is 19.7 Å². The Labute approximate surface area is 67.5 Å². The Kier molecular flexibility index (Phi) is 2.11. The predicted molar refractivity (Wildman–Crippen MR) is 43.6 cm³/mol. The highest BCUT2D eigenvalue weighted by atomic mass is 16.5. The monoisotopic (exact) mass is 156 g/mol. The molecule has 2 aliphatic rings. The number of morpholine rings is 1. The predicted octanol–water partition coefficient (Wildman–Crippen LogP) is -0.275. The van der Waals surface area contributed by atoms with Crippen molar-refractivity contribution < 1.29 is 4.74 Å². The van der Waals surface area contributed by atoms with Crippen molar-refractivity contribution in [1.82, 2.24) is 10.6 Å². The summed E-state index contributed by atoms with van der Waals surface area (Å²) in [4.78, 5) is 0. The van der Waals surface area contributed by atoms with E-state index in [1.165, 1.54) is 0 Å². The summed E-state index contributed by atoms with van der Waals surface area (Å²) in [6.45, 7) is 5.17. The van der Waals surface area contributed by atoms with Crippen LogP contribution in [0.1, 0.15) is 13.3 Å². The van der Waals surface area contributed by atoms with E-state index in [0.29, 0.717) is 18.2 Å². The molecule has 0 aliphatic carbocycles. The first-order valence-corrected chi connectivity index (χ1v) is 4.44. The molecule has 3 atom stereocenters. The van der Waals surface area contributed by atoms with Crippen LogP contribution in [0.4, 0.5) is 0 Å². The normalized spacial score (nSPS) is 45.0. The summed E-state index contributed by atoms with van der Waals surface area (Å²) in [7, 11) is 0. The number of rotatable bonds is 0. The minimum atomic E-state index is 0.458. The lowest BCUT2D eigenvalue weighted by atomic mass is 9.97. The highest BCUT2D eigenvalue weighted by Crippen LogP contribution is 2.14. The summed E-state index contributed by atoms with van der Waals surface area (Å²) in [5.74, 6) is 0. The molecule has 3 nitrogen and oxygen atoms in total. The van der Waals surface area contributed by atoms with E-state index in [-0.39, 0.29) is 0 Å². The zero-order valence-corrected chi connectivity index (χ0v) is 6.97. The van der Waals surface area contributed by atoms with E-state index in [0.717, 1.165) is 26.1 Å². The lowest BCUT2D eigenvalue weighted by molar-refractivity contribution is -0.0262. The molecule has 0 radical (unpaired) electrons. The second kappa shape index (κ2) is 3.09. The molecule has 2 rings (SSSR count). The molecule has 2 aliphatic heterocycles. The molecule has 2 heterocycles. The molecule has 0 aromatic heterocycles. The van der Waals surface area contributed by atoms with Crippen molar-refractivity contribution in [3.05, 3.63) is 0 Å². The van der Waals surface area contributed by atoms with E-state index in [2.05, 4.69) is 17.6 Å². The molecule has 2 saturated heterocycles. The molecule has 0 amide bonds. The summed E-state index contributed by atoms with van der Waals surface area (Å²) >= 11 is 0. The minimum absolute atomic E-state index is 0.458. The van der Waals surface area contributed by atoms with Gasteiger partial charge >= 0.3 is 0 Å². The lowest BCUT2D eigenvalue weighted by Gasteiger charge is -2.39. The van der Waals surface area contributed by atoms with Crippen LogP contribution in [0.3, 0.4) is 0 Å². The summed E-state index contributed by atoms with van der Waals surface area (Å²) < 4.78 is 5.65. The number of fused-ring (bicyclic) bond motifs is 1. The number of ether oxygens (including phenoxy) is 1. The molecule has 2 fully saturated rings. The number of piperidine rings is 1. The number of hydrogen-bond donors (Lipinski definition) is 2. The van der Waals surface area contributed by atoms with Crippen molar-refractivity contribution in [2.24, 2.45) is 0 Å². The van der Waals surface area contributed by atoms with Crippen molar-refractivity contribution in [3.63, 3.8) is 0 Å². The van der Waals surface area contributed by atoms with Gasteiger partial charge in [-0.15, -0.1) is 0 Å². The maximum absolute atomic E-state index is 5.65. The second-order valence-corrected chi connectivity index (χ2v) is 3.51. The molecular weight excluding hydrogens is 140 g/mol. The third kappa shape index (κ3) is 1.55. The SMILES string of the molecule is CC1CC2OCCNC2CN1. The van der Waals surface area contributed by atoms with Gasteiger partial charge in [-0.3, -0.25) is 0 Å². The van der Waals surface area contributed by atoms with Gasteiger partial charge in [-0.2, -0.15) is 0 Å². The summed E-state index contributed by atoms with van der Waals surface area (Å²) in [6, 6.07) is 1.18. The van der Waals surface area contributed by atoms with E-state index in [4.69, 9.17) is 4.74 Å². The van der Waals surface area contributed by atoms with E-state index < -0.39 is 0 Å². The lowest BCUT2D eigenvalue weighted by Crippen LogP contribution is -2.59. The summed E-state index contributed by atoms with van der Waals surface area (Å²) in [5, 5.41) is 6.89. The number of nitrogens with one attached hydrogen (secondary N) is 2. The largest absolute Gasteiger partial charge is 0.375 e. The van der Waals surface area contributed by atoms with Crippen LogP contribution in [0, 0.1) is 0 Å². The van der Waals surface area contributed by atoms with Crippen molar-refractivity contribution >= 4 is 0 Å². The average Bonchev–Trinajstić information content (AvgIpc) is 2.04. The van der Waals surface area contributed by atoms with Gasteiger partial charge in [0.15, 0.2) is 0 Å². The first-order chi connectivity index (χ1) is 5.36. The topological polar surface area (TPSA) is 33.3 Å². The van der Waals surface area contributed by atoms with Gasteiger partial charge in [-0.1, -0.05) is 0 Å². The maximum atomic E-state index is 5.65. The van der Waals surface area contributed by atoms with Gasteiger partial charge in [-0.05, 0) is 13.3 Å².